The van der Waals surface area contributed by atoms with Crippen LogP contribution in [0.2, 0.25) is 0 Å². The SMILES string of the molecule is CC(C)(C)C(=O)n1nc(C2NCCN(S(C)(=O)=O)C2C(F)(F)F)nc1NCc1ccc(C(=N)N)cc1. The minimum atomic E-state index is -4.92. The van der Waals surface area contributed by atoms with E-state index in [1.165, 1.54) is 0 Å². The van der Waals surface area contributed by atoms with E-state index < -0.39 is 39.6 Å². The minimum Gasteiger partial charge on any atom is -0.384 e. The maximum Gasteiger partial charge on any atom is 0.407 e. The summed E-state index contributed by atoms with van der Waals surface area (Å²) in [5.41, 5.74) is 5.76. The zero-order chi connectivity index (χ0) is 27.1. The smallest absolute Gasteiger partial charge is 0.384 e. The van der Waals surface area contributed by atoms with Crippen LogP contribution in [0.1, 0.15) is 48.6 Å². The van der Waals surface area contributed by atoms with Gasteiger partial charge in [0, 0.05) is 30.6 Å². The zero-order valence-electron chi connectivity index (χ0n) is 20.2. The van der Waals surface area contributed by atoms with Crippen LogP contribution in [0.25, 0.3) is 0 Å². The minimum absolute atomic E-state index is 0.0582. The van der Waals surface area contributed by atoms with Gasteiger partial charge in [-0.05, 0) is 5.56 Å². The number of rotatable bonds is 6. The number of benzene rings is 1. The summed E-state index contributed by atoms with van der Waals surface area (Å²) in [6, 6.07) is 2.59. The second-order valence-corrected chi connectivity index (χ2v) is 11.5. The van der Waals surface area contributed by atoms with Gasteiger partial charge in [0.05, 0.1) is 12.3 Å². The molecule has 5 N–H and O–H groups in total. The third kappa shape index (κ3) is 6.02. The number of nitrogens with zero attached hydrogens (tertiary/aromatic N) is 4. The van der Waals surface area contributed by atoms with Crippen molar-refractivity contribution in [1.29, 1.82) is 5.41 Å². The van der Waals surface area contributed by atoms with Gasteiger partial charge in [-0.25, -0.2) is 8.42 Å². The summed E-state index contributed by atoms with van der Waals surface area (Å²) in [4.78, 5) is 17.2. The van der Waals surface area contributed by atoms with Crippen molar-refractivity contribution in [2.24, 2.45) is 11.1 Å². The van der Waals surface area contributed by atoms with Crippen molar-refractivity contribution in [2.75, 3.05) is 24.7 Å². The van der Waals surface area contributed by atoms with E-state index in [9.17, 15) is 26.4 Å². The fraction of sp³-hybridized carbons (Fsp3) is 0.524. The van der Waals surface area contributed by atoms with Crippen molar-refractivity contribution in [3.8, 4) is 0 Å². The summed E-state index contributed by atoms with van der Waals surface area (Å²) in [5, 5.41) is 17.2. The number of carbonyl (C=O) groups excluding carboxylic acids is 1. The highest BCUT2D eigenvalue weighted by molar-refractivity contribution is 7.88. The number of hydrogen-bond donors (Lipinski definition) is 4. The summed E-state index contributed by atoms with van der Waals surface area (Å²) >= 11 is 0. The number of aromatic nitrogens is 3. The van der Waals surface area contributed by atoms with Gasteiger partial charge in [-0.1, -0.05) is 45.0 Å². The van der Waals surface area contributed by atoms with Gasteiger partial charge < -0.3 is 16.4 Å². The third-order valence-electron chi connectivity index (χ3n) is 5.54. The molecule has 0 radical (unpaired) electrons. The van der Waals surface area contributed by atoms with E-state index in [0.29, 0.717) is 16.1 Å². The van der Waals surface area contributed by atoms with Gasteiger partial charge in [0.15, 0.2) is 5.82 Å². The molecular formula is C21H29F3N8O3S. The average Bonchev–Trinajstić information content (AvgIpc) is 3.19. The largest absolute Gasteiger partial charge is 0.407 e. The lowest BCUT2D eigenvalue weighted by Crippen LogP contribution is -2.60. The normalized spacial score (nSPS) is 19.8. The number of amidine groups is 1. The van der Waals surface area contributed by atoms with Gasteiger partial charge in [-0.3, -0.25) is 10.2 Å². The van der Waals surface area contributed by atoms with Crippen molar-refractivity contribution < 1.29 is 26.4 Å². The number of alkyl halides is 3. The second kappa shape index (κ2) is 9.78. The van der Waals surface area contributed by atoms with Crippen LogP contribution in [0.15, 0.2) is 24.3 Å². The monoisotopic (exact) mass is 530 g/mol. The van der Waals surface area contributed by atoms with Crippen LogP contribution >= 0.6 is 0 Å². The van der Waals surface area contributed by atoms with E-state index in [-0.39, 0.29) is 37.2 Å². The van der Waals surface area contributed by atoms with Gasteiger partial charge in [0.25, 0.3) is 5.91 Å². The first-order valence-corrected chi connectivity index (χ1v) is 12.8. The van der Waals surface area contributed by atoms with Crippen LogP contribution in [0.5, 0.6) is 0 Å². The van der Waals surface area contributed by atoms with Crippen LogP contribution in [-0.2, 0) is 16.6 Å². The van der Waals surface area contributed by atoms with E-state index in [4.69, 9.17) is 11.1 Å². The van der Waals surface area contributed by atoms with Crippen molar-refractivity contribution in [3.63, 3.8) is 0 Å². The lowest BCUT2D eigenvalue weighted by molar-refractivity contribution is -0.184. The Balaban J connectivity index is 2.00. The summed E-state index contributed by atoms with van der Waals surface area (Å²) in [5.74, 6) is -1.07. The molecule has 36 heavy (non-hydrogen) atoms. The molecule has 11 nitrogen and oxygen atoms in total. The van der Waals surface area contributed by atoms with E-state index in [1.54, 1.807) is 45.0 Å². The Kier molecular flexibility index (Phi) is 7.49. The molecule has 0 amide bonds. The number of nitrogens with two attached hydrogens (primary N) is 1. The van der Waals surface area contributed by atoms with Gasteiger partial charge in [-0.2, -0.15) is 27.1 Å². The van der Waals surface area contributed by atoms with Gasteiger partial charge in [0.2, 0.25) is 16.0 Å². The van der Waals surface area contributed by atoms with Crippen LogP contribution in [0.3, 0.4) is 0 Å². The Bertz CT molecular complexity index is 1240. The number of carbonyl (C=O) groups is 1. The second-order valence-electron chi connectivity index (χ2n) is 9.52. The topological polar surface area (TPSA) is 159 Å². The first-order chi connectivity index (χ1) is 16.5. The number of sulfonamides is 1. The zero-order valence-corrected chi connectivity index (χ0v) is 21.0. The third-order valence-corrected chi connectivity index (χ3v) is 6.80. The summed E-state index contributed by atoms with van der Waals surface area (Å²) in [6.45, 7) is 4.60. The Labute approximate surface area is 206 Å². The number of piperazine rings is 1. The maximum atomic E-state index is 14.1. The molecule has 198 valence electrons. The van der Waals surface area contributed by atoms with E-state index >= 15 is 0 Å². The predicted molar refractivity (Wildman–Crippen MR) is 127 cm³/mol. The van der Waals surface area contributed by atoms with Gasteiger partial charge in [-0.15, -0.1) is 5.10 Å². The van der Waals surface area contributed by atoms with E-state index in [0.717, 1.165) is 10.2 Å². The summed E-state index contributed by atoms with van der Waals surface area (Å²) in [6.07, 6.45) is -4.21. The van der Waals surface area contributed by atoms with Crippen molar-refractivity contribution in [1.82, 2.24) is 24.4 Å². The molecule has 15 heteroatoms. The van der Waals surface area contributed by atoms with Crippen LogP contribution in [0.4, 0.5) is 19.1 Å². The number of nitrogens with one attached hydrogen (secondary N) is 3. The molecule has 2 heterocycles. The Morgan fingerprint density at radius 2 is 1.86 bits per heavy atom. The molecule has 0 bridgehead atoms. The Hall–Kier alpha value is -3.04. The molecule has 0 spiro atoms. The lowest BCUT2D eigenvalue weighted by Gasteiger charge is -2.39. The number of anilines is 1. The molecule has 1 aromatic heterocycles. The molecule has 1 fully saturated rings. The number of hydrogen-bond acceptors (Lipinski definition) is 8. The van der Waals surface area contributed by atoms with Gasteiger partial charge >= 0.3 is 6.18 Å². The molecular weight excluding hydrogens is 501 g/mol. The standard InChI is InChI=1S/C21H29F3N8O3S/c1-20(2,3)18(33)32-19(28-11-12-5-7-13(8-6-12)16(25)26)29-17(30-32)14-15(21(22,23)24)31(10-9-27-14)36(4,34)35/h5-8,14-15,27H,9-11H2,1-4H3,(H3,25,26)(H,28,29,30). The van der Waals surface area contributed by atoms with E-state index in [2.05, 4.69) is 20.7 Å². The highest BCUT2D eigenvalue weighted by Gasteiger charge is 2.54. The molecule has 2 atom stereocenters. The molecule has 0 aliphatic carbocycles. The molecule has 2 aromatic rings. The van der Waals surface area contributed by atoms with Crippen molar-refractivity contribution in [3.05, 3.63) is 41.2 Å². The molecule has 1 aromatic carbocycles. The highest BCUT2D eigenvalue weighted by Crippen LogP contribution is 2.37. The number of halogens is 3. The average molecular weight is 531 g/mol. The molecule has 1 aliphatic rings. The van der Waals surface area contributed by atoms with Crippen molar-refractivity contribution in [2.45, 2.75) is 45.6 Å². The number of nitrogen functional groups attached to an aromatic ring is 1. The Morgan fingerprint density at radius 3 is 2.36 bits per heavy atom. The van der Waals surface area contributed by atoms with Crippen LogP contribution in [-0.4, -0.2) is 70.8 Å². The fourth-order valence-electron chi connectivity index (χ4n) is 3.72. The molecule has 1 aliphatic heterocycles. The first-order valence-electron chi connectivity index (χ1n) is 11.0. The summed E-state index contributed by atoms with van der Waals surface area (Å²) < 4.78 is 67.7. The van der Waals surface area contributed by atoms with Crippen LogP contribution in [0, 0.1) is 10.8 Å². The molecule has 3 rings (SSSR count). The maximum absolute atomic E-state index is 14.1. The van der Waals surface area contributed by atoms with Crippen molar-refractivity contribution >= 4 is 27.7 Å². The van der Waals surface area contributed by atoms with Crippen LogP contribution < -0.4 is 16.4 Å². The predicted octanol–water partition coefficient (Wildman–Crippen LogP) is 1.70. The Morgan fingerprint density at radius 1 is 1.25 bits per heavy atom. The molecule has 1 saturated heterocycles. The first kappa shape index (κ1) is 27.5. The van der Waals surface area contributed by atoms with E-state index in [1.807, 2.05) is 0 Å². The quantitative estimate of drug-likeness (QED) is 0.324. The summed E-state index contributed by atoms with van der Waals surface area (Å²) in [7, 11) is -4.19. The van der Waals surface area contributed by atoms with Gasteiger partial charge in [0.1, 0.15) is 11.9 Å². The highest BCUT2D eigenvalue weighted by atomic mass is 32.2. The lowest BCUT2D eigenvalue weighted by atomic mass is 9.96. The fourth-order valence-corrected chi connectivity index (χ4v) is 4.80. The molecule has 0 saturated carbocycles. The molecule has 2 unspecified atom stereocenters.